The molecule has 0 saturated heterocycles. The maximum Gasteiger partial charge on any atom is 0.331 e. The van der Waals surface area contributed by atoms with Crippen LogP contribution >= 0.6 is 67.9 Å². The topological polar surface area (TPSA) is 44.4 Å². The summed E-state index contributed by atoms with van der Waals surface area (Å²) in [5.74, 6) is 0. The molecular weight excluding hydrogens is 525 g/mol. The lowest BCUT2D eigenvalue weighted by molar-refractivity contribution is 0.238. The van der Waals surface area contributed by atoms with Crippen LogP contribution in [0.2, 0.25) is 10.0 Å². The molecule has 0 heterocycles. The number of rotatable bonds is 7. The summed E-state index contributed by atoms with van der Waals surface area (Å²) in [5, 5.41) is 6.90. The van der Waals surface area contributed by atoms with Crippen LogP contribution in [0.5, 0.6) is 0 Å². The monoisotopic (exact) mass is 539 g/mol. The summed E-state index contributed by atoms with van der Waals surface area (Å²) in [5.41, 5.74) is 1.74. The Hall–Kier alpha value is -0.440. The molecule has 0 unspecified atom stereocenters. The molecule has 2 N–H and O–H groups in total. The second-order valence-corrected chi connectivity index (χ2v) is 8.62. The molecule has 0 bridgehead atoms. The van der Waals surface area contributed by atoms with Crippen molar-refractivity contribution in [3.63, 3.8) is 0 Å². The lowest BCUT2D eigenvalue weighted by atomic mass is 10.2. The fourth-order valence-electron chi connectivity index (χ4n) is 2.16. The van der Waals surface area contributed by atoms with Crippen LogP contribution in [-0.2, 0) is 6.54 Å². The van der Waals surface area contributed by atoms with Gasteiger partial charge in [0.1, 0.15) is 0 Å². The zero-order valence-electron chi connectivity index (χ0n) is 13.6. The summed E-state index contributed by atoms with van der Waals surface area (Å²) < 4.78 is 3.40. The van der Waals surface area contributed by atoms with Crippen LogP contribution in [0, 0.1) is 0 Å². The van der Waals surface area contributed by atoms with E-state index in [1.165, 1.54) is 9.87 Å². The van der Waals surface area contributed by atoms with Gasteiger partial charge in [-0.25, -0.2) is 4.79 Å². The van der Waals surface area contributed by atoms with Crippen LogP contribution in [0.3, 0.4) is 0 Å². The molecule has 0 aliphatic rings. The summed E-state index contributed by atoms with van der Waals surface area (Å²) in [6, 6.07) is 10.7. The molecule has 0 fully saturated rings. The number of nitrogens with zero attached hydrogens (tertiary/aromatic N) is 1. The molecule has 4 nitrogen and oxygen atoms in total. The van der Waals surface area contributed by atoms with Gasteiger partial charge in [-0.3, -0.25) is 4.31 Å². The summed E-state index contributed by atoms with van der Waals surface area (Å²) >= 11 is 23.0. The second-order valence-electron chi connectivity index (χ2n) is 5.49. The third-order valence-corrected chi connectivity index (χ3v) is 5.42. The standard InChI is InChI=1S/C17H17Br2Cl2N3OS/c18-12-6-11(7-13(19)8-12)10-22-4-1-5-24(26)17(25)23-14-2-3-15(20)16(21)9-14/h2-3,6-9,22,26H,1,4-5,10H2,(H,23,25). The van der Waals surface area contributed by atoms with Crippen LogP contribution in [0.4, 0.5) is 10.5 Å². The lowest BCUT2D eigenvalue weighted by Crippen LogP contribution is -2.29. The number of anilines is 1. The second kappa shape index (κ2) is 10.8. The van der Waals surface area contributed by atoms with Gasteiger partial charge in [0.05, 0.1) is 10.0 Å². The average molecular weight is 542 g/mol. The molecule has 2 amide bonds. The van der Waals surface area contributed by atoms with Crippen molar-refractivity contribution in [2.45, 2.75) is 13.0 Å². The van der Waals surface area contributed by atoms with Gasteiger partial charge >= 0.3 is 6.03 Å². The Kier molecular flexibility index (Phi) is 9.06. The minimum Gasteiger partial charge on any atom is -0.313 e. The highest BCUT2D eigenvalue weighted by molar-refractivity contribution is 9.11. The fraction of sp³-hybridized carbons (Fsp3) is 0.235. The van der Waals surface area contributed by atoms with Crippen molar-refractivity contribution >= 4 is 79.6 Å². The summed E-state index contributed by atoms with van der Waals surface area (Å²) in [6.07, 6.45) is 0.771. The predicted octanol–water partition coefficient (Wildman–Crippen LogP) is 6.38. The van der Waals surface area contributed by atoms with Crippen molar-refractivity contribution in [1.29, 1.82) is 0 Å². The number of thiol groups is 1. The van der Waals surface area contributed by atoms with Crippen LogP contribution in [0.25, 0.3) is 0 Å². The highest BCUT2D eigenvalue weighted by atomic mass is 79.9. The van der Waals surface area contributed by atoms with E-state index < -0.39 is 0 Å². The molecule has 0 spiro atoms. The van der Waals surface area contributed by atoms with Crippen LogP contribution in [-0.4, -0.2) is 23.4 Å². The molecule has 0 aromatic heterocycles. The molecule has 0 radical (unpaired) electrons. The molecule has 2 rings (SSSR count). The first-order chi connectivity index (χ1) is 12.3. The van der Waals surface area contributed by atoms with Crippen molar-refractivity contribution in [1.82, 2.24) is 9.62 Å². The number of amides is 2. The van der Waals surface area contributed by atoms with Gasteiger partial charge in [0.25, 0.3) is 0 Å². The van der Waals surface area contributed by atoms with E-state index in [1.807, 2.05) is 6.07 Å². The van der Waals surface area contributed by atoms with Crippen molar-refractivity contribution in [2.75, 3.05) is 18.4 Å². The van der Waals surface area contributed by atoms with Crippen molar-refractivity contribution in [3.05, 3.63) is 61.0 Å². The fourth-order valence-corrected chi connectivity index (χ4v) is 4.04. The summed E-state index contributed by atoms with van der Waals surface area (Å²) in [6.45, 7) is 2.02. The lowest BCUT2D eigenvalue weighted by Gasteiger charge is -2.17. The predicted molar refractivity (Wildman–Crippen MR) is 119 cm³/mol. The SMILES string of the molecule is O=C(Nc1ccc(Cl)c(Cl)c1)N(S)CCCNCc1cc(Br)cc(Br)c1. The summed E-state index contributed by atoms with van der Waals surface area (Å²) in [7, 11) is 0. The Labute approximate surface area is 185 Å². The molecule has 26 heavy (non-hydrogen) atoms. The van der Waals surface area contributed by atoms with Crippen molar-refractivity contribution in [3.8, 4) is 0 Å². The molecule has 0 aliphatic heterocycles. The highest BCUT2D eigenvalue weighted by Gasteiger charge is 2.10. The minimum atomic E-state index is -0.317. The van der Waals surface area contributed by atoms with Crippen LogP contribution in [0.15, 0.2) is 45.3 Å². The number of hydrogen-bond acceptors (Lipinski definition) is 3. The molecule has 9 heteroatoms. The van der Waals surface area contributed by atoms with Gasteiger partial charge in [-0.15, -0.1) is 0 Å². The molecule has 0 saturated carbocycles. The highest BCUT2D eigenvalue weighted by Crippen LogP contribution is 2.25. The molecule has 2 aromatic rings. The first-order valence-corrected chi connectivity index (χ1v) is 10.5. The van der Waals surface area contributed by atoms with E-state index in [-0.39, 0.29) is 6.03 Å². The molecule has 2 aromatic carbocycles. The van der Waals surface area contributed by atoms with Gasteiger partial charge in [-0.2, -0.15) is 0 Å². The van der Waals surface area contributed by atoms with E-state index in [9.17, 15) is 4.79 Å². The smallest absolute Gasteiger partial charge is 0.313 e. The quantitative estimate of drug-likeness (QED) is 0.281. The van der Waals surface area contributed by atoms with E-state index in [0.717, 1.165) is 28.5 Å². The number of urea groups is 1. The van der Waals surface area contributed by atoms with Gasteiger partial charge < -0.3 is 10.6 Å². The maximum absolute atomic E-state index is 12.1. The van der Waals surface area contributed by atoms with E-state index in [4.69, 9.17) is 23.2 Å². The van der Waals surface area contributed by atoms with Crippen molar-refractivity contribution in [2.24, 2.45) is 0 Å². The van der Waals surface area contributed by atoms with Gasteiger partial charge in [-0.05, 0) is 54.9 Å². The first kappa shape index (κ1) is 21.9. The number of benzene rings is 2. The van der Waals surface area contributed by atoms with Crippen LogP contribution < -0.4 is 10.6 Å². The van der Waals surface area contributed by atoms with E-state index in [2.05, 4.69) is 67.4 Å². The molecule has 140 valence electrons. The van der Waals surface area contributed by atoms with Gasteiger partial charge in [0, 0.05) is 27.7 Å². The average Bonchev–Trinajstić information content (AvgIpc) is 2.56. The van der Waals surface area contributed by atoms with Gasteiger partial charge in [-0.1, -0.05) is 67.9 Å². The number of nitrogens with one attached hydrogen (secondary N) is 2. The number of carbonyl (C=O) groups is 1. The Bertz CT molecular complexity index is 759. The molecular formula is C17H17Br2Cl2N3OS. The first-order valence-electron chi connectivity index (χ1n) is 7.73. The molecule has 0 atom stereocenters. The normalized spacial score (nSPS) is 10.7. The van der Waals surface area contributed by atoms with Gasteiger partial charge in [0.2, 0.25) is 0 Å². The zero-order valence-corrected chi connectivity index (χ0v) is 19.2. The Morgan fingerprint density at radius 1 is 1.08 bits per heavy atom. The number of hydrogen-bond donors (Lipinski definition) is 3. The summed E-state index contributed by atoms with van der Waals surface area (Å²) in [4.78, 5) is 12.1. The molecule has 0 aliphatic carbocycles. The Morgan fingerprint density at radius 3 is 2.42 bits per heavy atom. The Balaban J connectivity index is 1.69. The minimum absolute atomic E-state index is 0.317. The van der Waals surface area contributed by atoms with Crippen LogP contribution in [0.1, 0.15) is 12.0 Å². The third kappa shape index (κ3) is 7.29. The third-order valence-electron chi connectivity index (χ3n) is 3.38. The number of carbonyl (C=O) groups excluding carboxylic acids is 1. The Morgan fingerprint density at radius 2 is 1.77 bits per heavy atom. The van der Waals surface area contributed by atoms with E-state index in [1.54, 1.807) is 18.2 Å². The van der Waals surface area contributed by atoms with E-state index in [0.29, 0.717) is 22.3 Å². The maximum atomic E-state index is 12.1. The van der Waals surface area contributed by atoms with E-state index >= 15 is 0 Å². The largest absolute Gasteiger partial charge is 0.331 e. The zero-order chi connectivity index (χ0) is 19.1. The van der Waals surface area contributed by atoms with Crippen molar-refractivity contribution < 1.29 is 4.79 Å². The number of halogens is 4. The van der Waals surface area contributed by atoms with Gasteiger partial charge in [0.15, 0.2) is 0 Å².